The smallest absolute Gasteiger partial charge is 0.267 e. The number of nitrogens with zero attached hydrogens (tertiary/aromatic N) is 7. The molecule has 1 fully saturated rings. The van der Waals surface area contributed by atoms with Crippen LogP contribution in [0.4, 0.5) is 5.82 Å². The minimum Gasteiger partial charge on any atom is -0.378 e. The molecule has 9 nitrogen and oxygen atoms in total. The number of anilines is 1. The van der Waals surface area contributed by atoms with E-state index in [1.807, 2.05) is 6.07 Å². The van der Waals surface area contributed by atoms with Crippen molar-refractivity contribution in [2.24, 2.45) is 5.92 Å². The van der Waals surface area contributed by atoms with Crippen LogP contribution in [-0.2, 0) is 30.7 Å². The SMILES string of the molecule is COCc1cc(N2CC(Cn3nc4c(cc3=O)CCCC4)C2)n2ncnc2n1. The fourth-order valence-corrected chi connectivity index (χ4v) is 4.14. The molecule has 3 aromatic heterocycles. The second-order valence-electron chi connectivity index (χ2n) is 7.63. The average Bonchev–Trinajstić information content (AvgIpc) is 3.13. The Morgan fingerprint density at radius 2 is 2.07 bits per heavy atom. The first kappa shape index (κ1) is 17.3. The molecule has 0 bridgehead atoms. The molecular formula is C19H23N7O2. The van der Waals surface area contributed by atoms with Crippen LogP contribution in [0.25, 0.3) is 5.78 Å². The minimum absolute atomic E-state index is 0.0176. The standard InChI is InChI=1S/C19H23N7O2/c1-28-11-15-7-17(26-19(22-15)20-12-21-26)24-8-13(9-24)10-25-18(27)6-14-4-2-3-5-16(14)23-25/h6-7,12-13H,2-5,8-11H2,1H3. The summed E-state index contributed by atoms with van der Waals surface area (Å²) in [6.07, 6.45) is 5.79. The summed E-state index contributed by atoms with van der Waals surface area (Å²) in [5, 5.41) is 8.93. The van der Waals surface area contributed by atoms with Gasteiger partial charge >= 0.3 is 0 Å². The first-order chi connectivity index (χ1) is 13.7. The summed E-state index contributed by atoms with van der Waals surface area (Å²) in [7, 11) is 1.65. The van der Waals surface area contributed by atoms with Crippen LogP contribution in [0.2, 0.25) is 0 Å². The Balaban J connectivity index is 1.32. The zero-order valence-electron chi connectivity index (χ0n) is 15.9. The van der Waals surface area contributed by atoms with Crippen molar-refractivity contribution < 1.29 is 4.74 Å². The highest BCUT2D eigenvalue weighted by Gasteiger charge is 2.30. The summed E-state index contributed by atoms with van der Waals surface area (Å²) >= 11 is 0. The number of hydrogen-bond donors (Lipinski definition) is 0. The number of aryl methyl sites for hydroxylation is 2. The molecule has 0 spiro atoms. The minimum atomic E-state index is 0.0176. The van der Waals surface area contributed by atoms with E-state index in [2.05, 4.69) is 25.1 Å². The van der Waals surface area contributed by atoms with Crippen molar-refractivity contribution in [1.82, 2.24) is 29.4 Å². The van der Waals surface area contributed by atoms with Gasteiger partial charge in [0.15, 0.2) is 0 Å². The van der Waals surface area contributed by atoms with Gasteiger partial charge in [0.1, 0.15) is 12.1 Å². The highest BCUT2D eigenvalue weighted by molar-refractivity contribution is 5.49. The maximum atomic E-state index is 12.4. The molecule has 0 aromatic carbocycles. The molecule has 3 aromatic rings. The van der Waals surface area contributed by atoms with Gasteiger partial charge in [-0.1, -0.05) is 0 Å². The van der Waals surface area contributed by atoms with Crippen LogP contribution < -0.4 is 10.5 Å². The lowest BCUT2D eigenvalue weighted by molar-refractivity contribution is 0.181. The number of ether oxygens (including phenoxy) is 1. The van der Waals surface area contributed by atoms with E-state index in [0.29, 0.717) is 24.8 Å². The molecule has 4 heterocycles. The lowest BCUT2D eigenvalue weighted by atomic mass is 9.96. The second kappa shape index (κ2) is 6.97. The Kier molecular flexibility index (Phi) is 4.31. The molecule has 0 unspecified atom stereocenters. The molecule has 2 aliphatic rings. The predicted molar refractivity (Wildman–Crippen MR) is 102 cm³/mol. The fourth-order valence-electron chi connectivity index (χ4n) is 4.14. The third-order valence-electron chi connectivity index (χ3n) is 5.56. The molecule has 0 radical (unpaired) electrons. The summed E-state index contributed by atoms with van der Waals surface area (Å²) in [5.41, 5.74) is 3.08. The van der Waals surface area contributed by atoms with Gasteiger partial charge in [-0.25, -0.2) is 9.67 Å². The summed E-state index contributed by atoms with van der Waals surface area (Å²) in [6, 6.07) is 3.78. The van der Waals surface area contributed by atoms with Crippen molar-refractivity contribution >= 4 is 11.6 Å². The molecule has 0 atom stereocenters. The quantitative estimate of drug-likeness (QED) is 0.647. The van der Waals surface area contributed by atoms with E-state index in [-0.39, 0.29) is 5.56 Å². The zero-order valence-corrected chi connectivity index (χ0v) is 15.9. The fraction of sp³-hybridized carbons (Fsp3) is 0.526. The normalized spacial score (nSPS) is 17.0. The van der Waals surface area contributed by atoms with E-state index in [9.17, 15) is 4.79 Å². The third-order valence-corrected chi connectivity index (χ3v) is 5.56. The van der Waals surface area contributed by atoms with Crippen LogP contribution in [0.1, 0.15) is 29.8 Å². The number of aromatic nitrogens is 6. The van der Waals surface area contributed by atoms with Gasteiger partial charge in [-0.3, -0.25) is 4.79 Å². The van der Waals surface area contributed by atoms with Crippen molar-refractivity contribution in [3.8, 4) is 0 Å². The predicted octanol–water partition coefficient (Wildman–Crippen LogP) is 0.843. The first-order valence-electron chi connectivity index (χ1n) is 9.75. The largest absolute Gasteiger partial charge is 0.378 e. The van der Waals surface area contributed by atoms with Gasteiger partial charge in [0.05, 0.1) is 24.5 Å². The van der Waals surface area contributed by atoms with E-state index in [0.717, 1.165) is 61.5 Å². The lowest BCUT2D eigenvalue weighted by Gasteiger charge is -2.40. The van der Waals surface area contributed by atoms with Crippen LogP contribution in [-0.4, -0.2) is 49.6 Å². The summed E-state index contributed by atoms with van der Waals surface area (Å²) in [6.45, 7) is 2.77. The highest BCUT2D eigenvalue weighted by Crippen LogP contribution is 2.26. The van der Waals surface area contributed by atoms with Crippen molar-refractivity contribution in [1.29, 1.82) is 0 Å². The van der Waals surface area contributed by atoms with Gasteiger partial charge in [0.25, 0.3) is 11.3 Å². The van der Waals surface area contributed by atoms with Crippen molar-refractivity contribution in [2.75, 3.05) is 25.1 Å². The molecule has 0 amide bonds. The Labute approximate surface area is 162 Å². The van der Waals surface area contributed by atoms with E-state index in [1.165, 1.54) is 6.33 Å². The highest BCUT2D eigenvalue weighted by atomic mass is 16.5. The maximum absolute atomic E-state index is 12.4. The van der Waals surface area contributed by atoms with Gasteiger partial charge in [-0.05, 0) is 31.2 Å². The number of fused-ring (bicyclic) bond motifs is 2. The molecule has 0 saturated carbocycles. The van der Waals surface area contributed by atoms with Crippen LogP contribution in [0.3, 0.4) is 0 Å². The molecule has 1 aliphatic heterocycles. The average molecular weight is 381 g/mol. The Hall–Kier alpha value is -2.81. The number of hydrogen-bond acceptors (Lipinski definition) is 7. The Morgan fingerprint density at radius 1 is 1.21 bits per heavy atom. The van der Waals surface area contributed by atoms with E-state index in [4.69, 9.17) is 4.74 Å². The van der Waals surface area contributed by atoms with Gasteiger partial charge in [-0.2, -0.15) is 19.7 Å². The maximum Gasteiger partial charge on any atom is 0.267 e. The molecule has 5 rings (SSSR count). The van der Waals surface area contributed by atoms with E-state index >= 15 is 0 Å². The van der Waals surface area contributed by atoms with Gasteiger partial charge in [-0.15, -0.1) is 0 Å². The molecule has 9 heteroatoms. The van der Waals surface area contributed by atoms with E-state index in [1.54, 1.807) is 22.4 Å². The van der Waals surface area contributed by atoms with Crippen molar-refractivity contribution in [3.05, 3.63) is 45.8 Å². The van der Waals surface area contributed by atoms with Crippen molar-refractivity contribution in [3.63, 3.8) is 0 Å². The summed E-state index contributed by atoms with van der Waals surface area (Å²) in [4.78, 5) is 23.3. The molecular weight excluding hydrogens is 358 g/mol. The number of rotatable bonds is 5. The van der Waals surface area contributed by atoms with Crippen molar-refractivity contribution in [2.45, 2.75) is 38.8 Å². The van der Waals surface area contributed by atoms with Gasteiger partial charge in [0.2, 0.25) is 0 Å². The van der Waals surface area contributed by atoms with Gasteiger partial charge < -0.3 is 9.64 Å². The van der Waals surface area contributed by atoms with Crippen LogP contribution in [0, 0.1) is 5.92 Å². The second-order valence-corrected chi connectivity index (χ2v) is 7.63. The molecule has 1 aliphatic carbocycles. The number of methoxy groups -OCH3 is 1. The first-order valence-corrected chi connectivity index (χ1v) is 9.75. The van der Waals surface area contributed by atoms with Gasteiger partial charge in [0, 0.05) is 38.2 Å². The van der Waals surface area contributed by atoms with Crippen LogP contribution in [0.15, 0.2) is 23.3 Å². The summed E-state index contributed by atoms with van der Waals surface area (Å²) < 4.78 is 8.62. The Bertz CT molecular complexity index is 1070. The monoisotopic (exact) mass is 381 g/mol. The topological polar surface area (TPSA) is 90.4 Å². The Morgan fingerprint density at radius 3 is 2.93 bits per heavy atom. The van der Waals surface area contributed by atoms with Crippen LogP contribution in [0.5, 0.6) is 0 Å². The molecule has 146 valence electrons. The summed E-state index contributed by atoms with van der Waals surface area (Å²) in [5.74, 6) is 1.90. The lowest BCUT2D eigenvalue weighted by Crippen LogP contribution is -2.50. The molecule has 1 saturated heterocycles. The zero-order chi connectivity index (χ0) is 19.1. The van der Waals surface area contributed by atoms with E-state index < -0.39 is 0 Å². The molecule has 28 heavy (non-hydrogen) atoms. The van der Waals surface area contributed by atoms with Crippen LogP contribution >= 0.6 is 0 Å². The third kappa shape index (κ3) is 3.05. The molecule has 0 N–H and O–H groups in total.